The van der Waals surface area contributed by atoms with Crippen LogP contribution in [0.15, 0.2) is 12.3 Å². The molecule has 1 heterocycles. The SMILES string of the molecule is CC1(Nc2ncc(Cl)cc2Cl)CC1. The Morgan fingerprint density at radius 3 is 2.69 bits per heavy atom. The Morgan fingerprint density at radius 1 is 1.46 bits per heavy atom. The maximum absolute atomic E-state index is 5.95. The molecule has 1 N–H and O–H groups in total. The highest BCUT2D eigenvalue weighted by molar-refractivity contribution is 6.35. The van der Waals surface area contributed by atoms with E-state index in [1.54, 1.807) is 12.3 Å². The van der Waals surface area contributed by atoms with Crippen molar-refractivity contribution in [2.45, 2.75) is 25.3 Å². The zero-order valence-electron chi connectivity index (χ0n) is 7.27. The lowest BCUT2D eigenvalue weighted by molar-refractivity contribution is 0.821. The Morgan fingerprint density at radius 2 is 2.15 bits per heavy atom. The number of anilines is 1. The minimum atomic E-state index is 0.199. The summed E-state index contributed by atoms with van der Waals surface area (Å²) in [5, 5.41) is 4.44. The third-order valence-corrected chi connectivity index (χ3v) is 2.72. The standard InChI is InChI=1S/C9H10Cl2N2/c1-9(2-3-9)13-8-7(11)4-6(10)5-12-8/h4-5H,2-3H2,1H3,(H,12,13). The van der Waals surface area contributed by atoms with Gasteiger partial charge in [0.15, 0.2) is 0 Å². The van der Waals surface area contributed by atoms with Crippen LogP contribution in [0, 0.1) is 0 Å². The summed E-state index contributed by atoms with van der Waals surface area (Å²) in [5.41, 5.74) is 0.199. The summed E-state index contributed by atoms with van der Waals surface area (Å²) in [6, 6.07) is 1.70. The van der Waals surface area contributed by atoms with E-state index in [4.69, 9.17) is 23.2 Å². The van der Waals surface area contributed by atoms with E-state index in [0.717, 1.165) is 5.82 Å². The van der Waals surface area contributed by atoms with E-state index in [-0.39, 0.29) is 5.54 Å². The molecule has 2 rings (SSSR count). The van der Waals surface area contributed by atoms with Gasteiger partial charge in [0.1, 0.15) is 5.82 Å². The molecule has 1 fully saturated rings. The van der Waals surface area contributed by atoms with Gasteiger partial charge in [0.05, 0.1) is 10.0 Å². The molecule has 0 aromatic carbocycles. The third-order valence-electron chi connectivity index (χ3n) is 2.23. The van der Waals surface area contributed by atoms with Gasteiger partial charge >= 0.3 is 0 Å². The zero-order valence-corrected chi connectivity index (χ0v) is 8.78. The molecule has 1 aliphatic carbocycles. The molecule has 4 heteroatoms. The molecule has 0 spiro atoms. The van der Waals surface area contributed by atoms with Gasteiger partial charge in [-0.3, -0.25) is 0 Å². The fourth-order valence-electron chi connectivity index (χ4n) is 1.10. The summed E-state index contributed by atoms with van der Waals surface area (Å²) in [6.07, 6.45) is 3.95. The highest BCUT2D eigenvalue weighted by Crippen LogP contribution is 2.39. The summed E-state index contributed by atoms with van der Waals surface area (Å²) in [6.45, 7) is 2.15. The first-order valence-corrected chi connectivity index (χ1v) is 4.94. The quantitative estimate of drug-likeness (QED) is 0.821. The first-order valence-electron chi connectivity index (χ1n) is 4.18. The summed E-state index contributed by atoms with van der Waals surface area (Å²) in [5.74, 6) is 0.728. The Hall–Kier alpha value is -0.470. The van der Waals surface area contributed by atoms with E-state index in [0.29, 0.717) is 10.0 Å². The minimum Gasteiger partial charge on any atom is -0.364 e. The predicted molar refractivity (Wildman–Crippen MR) is 55.5 cm³/mol. The van der Waals surface area contributed by atoms with Crippen LogP contribution >= 0.6 is 23.2 Å². The van der Waals surface area contributed by atoms with Gasteiger partial charge in [-0.15, -0.1) is 0 Å². The molecule has 0 amide bonds. The van der Waals surface area contributed by atoms with Gasteiger partial charge in [0.2, 0.25) is 0 Å². The normalized spacial score (nSPS) is 18.4. The number of nitrogens with one attached hydrogen (secondary N) is 1. The minimum absolute atomic E-state index is 0.199. The van der Waals surface area contributed by atoms with Crippen LogP contribution in [0.1, 0.15) is 19.8 Å². The summed E-state index contributed by atoms with van der Waals surface area (Å²) < 4.78 is 0. The second-order valence-electron chi connectivity index (χ2n) is 3.67. The van der Waals surface area contributed by atoms with Crippen LogP contribution in [-0.2, 0) is 0 Å². The number of aromatic nitrogens is 1. The maximum Gasteiger partial charge on any atom is 0.145 e. The van der Waals surface area contributed by atoms with E-state index in [9.17, 15) is 0 Å². The maximum atomic E-state index is 5.95. The fourth-order valence-corrected chi connectivity index (χ4v) is 1.53. The van der Waals surface area contributed by atoms with Gasteiger partial charge in [-0.1, -0.05) is 23.2 Å². The van der Waals surface area contributed by atoms with Crippen LogP contribution in [0.4, 0.5) is 5.82 Å². The fraction of sp³-hybridized carbons (Fsp3) is 0.444. The van der Waals surface area contributed by atoms with E-state index < -0.39 is 0 Å². The number of rotatable bonds is 2. The topological polar surface area (TPSA) is 24.9 Å². The van der Waals surface area contributed by atoms with E-state index in [1.165, 1.54) is 12.8 Å². The second-order valence-corrected chi connectivity index (χ2v) is 4.51. The smallest absolute Gasteiger partial charge is 0.145 e. The van der Waals surface area contributed by atoms with Crippen molar-refractivity contribution in [2.24, 2.45) is 0 Å². The molecular weight excluding hydrogens is 207 g/mol. The van der Waals surface area contributed by atoms with E-state index in [2.05, 4.69) is 17.2 Å². The Kier molecular flexibility index (Phi) is 2.12. The van der Waals surface area contributed by atoms with Gasteiger partial charge in [0, 0.05) is 11.7 Å². The van der Waals surface area contributed by atoms with Crippen LogP contribution in [0.25, 0.3) is 0 Å². The molecule has 1 aromatic rings. The first-order chi connectivity index (χ1) is 6.09. The van der Waals surface area contributed by atoms with Gasteiger partial charge in [0.25, 0.3) is 0 Å². The van der Waals surface area contributed by atoms with Crippen LogP contribution in [0.3, 0.4) is 0 Å². The molecule has 2 nitrogen and oxygen atoms in total. The molecule has 0 atom stereocenters. The molecule has 1 saturated carbocycles. The third kappa shape index (κ3) is 2.06. The lowest BCUT2D eigenvalue weighted by Crippen LogP contribution is -2.17. The van der Waals surface area contributed by atoms with Crippen molar-refractivity contribution >= 4 is 29.0 Å². The average molecular weight is 217 g/mol. The van der Waals surface area contributed by atoms with E-state index in [1.807, 2.05) is 0 Å². The lowest BCUT2D eigenvalue weighted by atomic mass is 10.3. The van der Waals surface area contributed by atoms with Crippen molar-refractivity contribution in [3.63, 3.8) is 0 Å². The van der Waals surface area contributed by atoms with Crippen LogP contribution in [0.2, 0.25) is 10.0 Å². The Bertz CT molecular complexity index is 334. The summed E-state index contributed by atoms with van der Waals surface area (Å²) in [4.78, 5) is 4.13. The highest BCUT2D eigenvalue weighted by Gasteiger charge is 2.37. The van der Waals surface area contributed by atoms with Crippen molar-refractivity contribution in [3.05, 3.63) is 22.3 Å². The molecule has 0 unspecified atom stereocenters. The molecule has 0 saturated heterocycles. The summed E-state index contributed by atoms with van der Waals surface area (Å²) in [7, 11) is 0. The van der Waals surface area contributed by atoms with Crippen LogP contribution < -0.4 is 5.32 Å². The van der Waals surface area contributed by atoms with Crippen molar-refractivity contribution in [1.29, 1.82) is 0 Å². The predicted octanol–water partition coefficient (Wildman–Crippen LogP) is 3.35. The molecule has 70 valence electrons. The number of hydrogen-bond donors (Lipinski definition) is 1. The molecule has 1 aromatic heterocycles. The number of hydrogen-bond acceptors (Lipinski definition) is 2. The first kappa shape index (κ1) is 9.10. The molecule has 0 bridgehead atoms. The number of pyridine rings is 1. The largest absolute Gasteiger partial charge is 0.364 e. The highest BCUT2D eigenvalue weighted by atomic mass is 35.5. The van der Waals surface area contributed by atoms with Crippen LogP contribution in [-0.4, -0.2) is 10.5 Å². The van der Waals surface area contributed by atoms with Gasteiger partial charge in [-0.2, -0.15) is 0 Å². The van der Waals surface area contributed by atoms with E-state index >= 15 is 0 Å². The second kappa shape index (κ2) is 3.03. The van der Waals surface area contributed by atoms with Crippen molar-refractivity contribution in [2.75, 3.05) is 5.32 Å². The Labute approximate surface area is 87.3 Å². The van der Waals surface area contributed by atoms with Crippen molar-refractivity contribution in [3.8, 4) is 0 Å². The van der Waals surface area contributed by atoms with Crippen molar-refractivity contribution in [1.82, 2.24) is 4.98 Å². The number of halogens is 2. The number of nitrogens with zero attached hydrogens (tertiary/aromatic N) is 1. The summed E-state index contributed by atoms with van der Waals surface area (Å²) >= 11 is 11.7. The average Bonchev–Trinajstić information content (AvgIpc) is 2.75. The lowest BCUT2D eigenvalue weighted by Gasteiger charge is -2.13. The molecule has 0 radical (unpaired) electrons. The molecule has 1 aliphatic rings. The van der Waals surface area contributed by atoms with Gasteiger partial charge in [-0.05, 0) is 25.8 Å². The molecular formula is C9H10Cl2N2. The monoisotopic (exact) mass is 216 g/mol. The zero-order chi connectivity index (χ0) is 9.47. The van der Waals surface area contributed by atoms with Crippen molar-refractivity contribution < 1.29 is 0 Å². The Balaban J connectivity index is 2.20. The van der Waals surface area contributed by atoms with Crippen LogP contribution in [0.5, 0.6) is 0 Å². The van der Waals surface area contributed by atoms with Gasteiger partial charge in [-0.25, -0.2) is 4.98 Å². The molecule has 0 aliphatic heterocycles. The van der Waals surface area contributed by atoms with Gasteiger partial charge < -0.3 is 5.32 Å². The molecule has 13 heavy (non-hydrogen) atoms.